The number of H-pyrrole nitrogens is 1. The van der Waals surface area contributed by atoms with Crippen LogP contribution in [0, 0.1) is 11.8 Å². The van der Waals surface area contributed by atoms with Gasteiger partial charge in [0.1, 0.15) is 5.75 Å². The third kappa shape index (κ3) is 3.05. The van der Waals surface area contributed by atoms with Crippen molar-refractivity contribution in [3.8, 4) is 5.75 Å². The summed E-state index contributed by atoms with van der Waals surface area (Å²) in [7, 11) is 0. The zero-order valence-corrected chi connectivity index (χ0v) is 18.6. The van der Waals surface area contributed by atoms with E-state index in [1.807, 2.05) is 6.92 Å². The van der Waals surface area contributed by atoms with Crippen LogP contribution >= 0.6 is 0 Å². The van der Waals surface area contributed by atoms with Crippen LogP contribution in [0.1, 0.15) is 74.5 Å². The van der Waals surface area contributed by atoms with Crippen molar-refractivity contribution >= 4 is 16.9 Å². The quantitative estimate of drug-likeness (QED) is 0.715. The molecular weight excluding hydrogens is 376 g/mol. The van der Waals surface area contributed by atoms with Crippen molar-refractivity contribution in [2.75, 3.05) is 19.7 Å². The molecule has 3 aliphatic rings. The maximum Gasteiger partial charge on any atom is 0.340 e. The van der Waals surface area contributed by atoms with Gasteiger partial charge in [0, 0.05) is 47.6 Å². The number of carbonyl (C=O) groups is 1. The smallest absolute Gasteiger partial charge is 0.340 e. The summed E-state index contributed by atoms with van der Waals surface area (Å²) >= 11 is 0. The van der Waals surface area contributed by atoms with Gasteiger partial charge >= 0.3 is 5.97 Å². The Morgan fingerprint density at radius 3 is 2.93 bits per heavy atom. The van der Waals surface area contributed by atoms with Gasteiger partial charge in [-0.1, -0.05) is 13.8 Å². The van der Waals surface area contributed by atoms with Gasteiger partial charge in [0.15, 0.2) is 5.72 Å². The fourth-order valence-electron chi connectivity index (χ4n) is 6.13. The molecule has 2 aromatic rings. The molecule has 5 nitrogen and oxygen atoms in total. The van der Waals surface area contributed by atoms with E-state index in [-0.39, 0.29) is 11.7 Å². The molecule has 2 saturated heterocycles. The number of fused-ring (bicyclic) bond motifs is 3. The summed E-state index contributed by atoms with van der Waals surface area (Å²) in [5.74, 6) is 1.70. The lowest BCUT2D eigenvalue weighted by Gasteiger charge is -2.56. The van der Waals surface area contributed by atoms with Crippen LogP contribution in [0.5, 0.6) is 5.75 Å². The number of ether oxygens (including phenoxy) is 2. The summed E-state index contributed by atoms with van der Waals surface area (Å²) in [6.07, 6.45) is 7.87. The molecule has 1 aromatic carbocycles. The number of carbonyl (C=O) groups excluding carboxylic acids is 1. The number of aromatic nitrogens is 1. The Morgan fingerprint density at radius 1 is 1.30 bits per heavy atom. The Balaban J connectivity index is 1.65. The highest BCUT2D eigenvalue weighted by Crippen LogP contribution is 2.50. The molecule has 0 radical (unpaired) electrons. The lowest BCUT2D eigenvalue weighted by atomic mass is 9.74. The van der Waals surface area contributed by atoms with Gasteiger partial charge in [0.05, 0.1) is 12.2 Å². The fourth-order valence-corrected chi connectivity index (χ4v) is 6.13. The van der Waals surface area contributed by atoms with Crippen molar-refractivity contribution in [2.45, 2.75) is 71.4 Å². The van der Waals surface area contributed by atoms with Gasteiger partial charge in [-0.05, 0) is 63.5 Å². The molecule has 0 amide bonds. The number of benzene rings is 1. The molecule has 5 rings (SSSR count). The highest BCUT2D eigenvalue weighted by Gasteiger charge is 2.52. The predicted molar refractivity (Wildman–Crippen MR) is 118 cm³/mol. The molecule has 3 aliphatic heterocycles. The maximum absolute atomic E-state index is 13.0. The Labute approximate surface area is 179 Å². The summed E-state index contributed by atoms with van der Waals surface area (Å²) in [5, 5.41) is 1.03. The molecule has 5 heteroatoms. The minimum absolute atomic E-state index is 0.141. The molecule has 30 heavy (non-hydrogen) atoms. The van der Waals surface area contributed by atoms with Crippen molar-refractivity contribution in [1.82, 2.24) is 9.88 Å². The average Bonchev–Trinajstić information content (AvgIpc) is 3.08. The first-order chi connectivity index (χ1) is 14.5. The maximum atomic E-state index is 13.0. The van der Waals surface area contributed by atoms with E-state index in [1.165, 1.54) is 31.2 Å². The second-order valence-electron chi connectivity index (χ2n) is 9.70. The second-order valence-corrected chi connectivity index (χ2v) is 9.70. The molecule has 2 unspecified atom stereocenters. The van der Waals surface area contributed by atoms with Crippen molar-refractivity contribution in [1.29, 1.82) is 0 Å². The van der Waals surface area contributed by atoms with E-state index in [1.54, 1.807) is 0 Å². The van der Waals surface area contributed by atoms with Crippen molar-refractivity contribution < 1.29 is 14.3 Å². The third-order valence-electron chi connectivity index (χ3n) is 7.30. The van der Waals surface area contributed by atoms with Gasteiger partial charge in [0.2, 0.25) is 0 Å². The van der Waals surface area contributed by atoms with E-state index in [9.17, 15) is 4.79 Å². The second kappa shape index (κ2) is 7.60. The highest BCUT2D eigenvalue weighted by molar-refractivity contribution is 6.07. The Hall–Kier alpha value is -2.01. The largest absolute Gasteiger partial charge is 0.472 e. The van der Waals surface area contributed by atoms with Crippen molar-refractivity contribution in [3.63, 3.8) is 0 Å². The van der Waals surface area contributed by atoms with E-state index >= 15 is 0 Å². The van der Waals surface area contributed by atoms with Crippen LogP contribution < -0.4 is 4.74 Å². The molecule has 1 aromatic heterocycles. The number of aromatic amines is 1. The number of hydrogen-bond donors (Lipinski definition) is 1. The Bertz CT molecular complexity index is 961. The molecule has 1 N–H and O–H groups in total. The van der Waals surface area contributed by atoms with Crippen LogP contribution in [0.2, 0.25) is 0 Å². The topological polar surface area (TPSA) is 54.6 Å². The number of piperidine rings is 2. The minimum atomic E-state index is -0.212. The number of hydrogen-bond acceptors (Lipinski definition) is 4. The SMILES string of the molecule is CCOC(=O)c1c(CC(C)C)[nH]c2ccc3c(c12)CC1CCCN2CCCCC12O3. The molecule has 1 spiro atoms. The van der Waals surface area contributed by atoms with E-state index in [2.05, 4.69) is 35.9 Å². The van der Waals surface area contributed by atoms with E-state index in [4.69, 9.17) is 9.47 Å². The van der Waals surface area contributed by atoms with Gasteiger partial charge in [-0.25, -0.2) is 4.79 Å². The van der Waals surface area contributed by atoms with Crippen molar-refractivity contribution in [2.24, 2.45) is 11.8 Å². The highest BCUT2D eigenvalue weighted by atomic mass is 16.5. The van der Waals surface area contributed by atoms with Crippen molar-refractivity contribution in [3.05, 3.63) is 29.0 Å². The first kappa shape index (κ1) is 19.9. The minimum Gasteiger partial charge on any atom is -0.472 e. The van der Waals surface area contributed by atoms with Crippen LogP contribution in [0.15, 0.2) is 12.1 Å². The van der Waals surface area contributed by atoms with E-state index < -0.39 is 0 Å². The number of nitrogens with one attached hydrogen (secondary N) is 1. The molecule has 0 saturated carbocycles. The Morgan fingerprint density at radius 2 is 2.13 bits per heavy atom. The zero-order valence-electron chi connectivity index (χ0n) is 18.6. The molecular formula is C25H34N2O3. The molecule has 0 bridgehead atoms. The summed E-state index contributed by atoms with van der Waals surface area (Å²) in [6, 6.07) is 4.21. The summed E-state index contributed by atoms with van der Waals surface area (Å²) < 4.78 is 12.4. The first-order valence-electron chi connectivity index (χ1n) is 11.8. The number of esters is 1. The normalized spacial score (nSPS) is 26.1. The predicted octanol–water partition coefficient (Wildman–Crippen LogP) is 5.07. The molecule has 4 heterocycles. The zero-order chi connectivity index (χ0) is 20.9. The average molecular weight is 411 g/mol. The lowest BCUT2D eigenvalue weighted by molar-refractivity contribution is -0.177. The van der Waals surface area contributed by atoms with Gasteiger partial charge in [-0.15, -0.1) is 0 Å². The summed E-state index contributed by atoms with van der Waals surface area (Å²) in [4.78, 5) is 19.2. The summed E-state index contributed by atoms with van der Waals surface area (Å²) in [5.41, 5.74) is 3.81. The Kier molecular flexibility index (Phi) is 5.04. The monoisotopic (exact) mass is 410 g/mol. The molecule has 0 aliphatic carbocycles. The van der Waals surface area contributed by atoms with Gasteiger partial charge < -0.3 is 14.5 Å². The fraction of sp³-hybridized carbons (Fsp3) is 0.640. The van der Waals surface area contributed by atoms with Gasteiger partial charge in [0.25, 0.3) is 0 Å². The number of rotatable bonds is 4. The van der Waals surface area contributed by atoms with Gasteiger partial charge in [-0.3, -0.25) is 4.90 Å². The van der Waals surface area contributed by atoms with Gasteiger partial charge in [-0.2, -0.15) is 0 Å². The van der Waals surface area contributed by atoms with Crippen LogP contribution in [-0.4, -0.2) is 41.3 Å². The van der Waals surface area contributed by atoms with Crippen LogP contribution in [-0.2, 0) is 17.6 Å². The lowest BCUT2D eigenvalue weighted by Crippen LogP contribution is -2.64. The standard InChI is InChI=1S/C25H34N2O3/c1-4-29-24(28)23-20(14-16(2)3)26-19-9-10-21-18(22(19)23)15-17-8-7-13-27-12-6-5-11-25(17,27)30-21/h9-10,16-17,26H,4-8,11-15H2,1-3H3. The van der Waals surface area contributed by atoms with Crippen LogP contribution in [0.3, 0.4) is 0 Å². The first-order valence-corrected chi connectivity index (χ1v) is 11.8. The molecule has 2 atom stereocenters. The third-order valence-corrected chi connectivity index (χ3v) is 7.30. The van der Waals surface area contributed by atoms with Crippen LogP contribution in [0.4, 0.5) is 0 Å². The van der Waals surface area contributed by atoms with E-state index in [0.29, 0.717) is 18.4 Å². The summed E-state index contributed by atoms with van der Waals surface area (Å²) in [6.45, 7) is 8.91. The van der Waals surface area contributed by atoms with Crippen LogP contribution in [0.25, 0.3) is 10.9 Å². The molecule has 162 valence electrons. The molecule has 2 fully saturated rings. The van der Waals surface area contributed by atoms with E-state index in [0.717, 1.165) is 60.3 Å². The number of nitrogens with zero attached hydrogens (tertiary/aromatic N) is 1.